The first-order chi connectivity index (χ1) is 14.3. The summed E-state index contributed by atoms with van der Waals surface area (Å²) in [5.41, 5.74) is -13.9. The fraction of sp³-hybridized carbons (Fsp3) is 0.571. The van der Waals surface area contributed by atoms with Crippen molar-refractivity contribution in [2.45, 2.75) is 40.8 Å². The van der Waals surface area contributed by atoms with Gasteiger partial charge in [-0.25, -0.2) is 0 Å². The maximum atomic E-state index is 13.8. The van der Waals surface area contributed by atoms with E-state index in [-0.39, 0.29) is 0 Å². The van der Waals surface area contributed by atoms with Gasteiger partial charge in [0.05, 0.1) is 0 Å². The van der Waals surface area contributed by atoms with Crippen molar-refractivity contribution in [1.82, 2.24) is 0 Å². The Bertz CT molecular complexity index is 788. The van der Waals surface area contributed by atoms with Crippen LogP contribution in [0.5, 0.6) is 0 Å². The number of halogens is 12. The Balaban J connectivity index is 2.45. The predicted molar refractivity (Wildman–Crippen MR) is 83.0 cm³/mol. The van der Waals surface area contributed by atoms with Crippen LogP contribution in [0, 0.1) is 0 Å². The van der Waals surface area contributed by atoms with Gasteiger partial charge in [0.2, 0.25) is 0 Å². The van der Waals surface area contributed by atoms with Crippen LogP contribution in [0.4, 0.5) is 52.7 Å². The summed E-state index contributed by atoms with van der Waals surface area (Å²) in [4.78, 5) is -0.439. The average molecular weight is 532 g/mol. The van der Waals surface area contributed by atoms with Gasteiger partial charge < -0.3 is 0 Å². The van der Waals surface area contributed by atoms with Gasteiger partial charge in [0.25, 0.3) is 0 Å². The maximum absolute atomic E-state index is 13.8. The molecule has 0 N–H and O–H groups in total. The first kappa shape index (κ1) is 25.6. The zero-order valence-corrected chi connectivity index (χ0v) is 16.5. The predicted octanol–water partition coefficient (Wildman–Crippen LogP) is 6.73. The van der Waals surface area contributed by atoms with Crippen LogP contribution in [-0.2, 0) is 18.1 Å². The third-order valence-corrected chi connectivity index (χ3v) is 10.1. The molecular formula is C14H9F12O4PS. The summed E-state index contributed by atoms with van der Waals surface area (Å²) in [7, 11) is 0. The van der Waals surface area contributed by atoms with Gasteiger partial charge in [-0.3, -0.25) is 0 Å². The van der Waals surface area contributed by atoms with Gasteiger partial charge >= 0.3 is 173 Å². The third-order valence-electron chi connectivity index (χ3n) is 4.35. The van der Waals surface area contributed by atoms with E-state index in [1.807, 2.05) is 0 Å². The van der Waals surface area contributed by atoms with Crippen molar-refractivity contribution in [3.05, 3.63) is 30.3 Å². The Labute approximate surface area is 174 Å². The van der Waals surface area contributed by atoms with Crippen LogP contribution in [0.25, 0.3) is 0 Å². The van der Waals surface area contributed by atoms with E-state index in [1.54, 1.807) is 0 Å². The quantitative estimate of drug-likeness (QED) is 0.312. The van der Waals surface area contributed by atoms with Crippen molar-refractivity contribution in [1.29, 1.82) is 0 Å². The van der Waals surface area contributed by atoms with Crippen molar-refractivity contribution in [3.63, 3.8) is 0 Å². The number of hydrogen-bond donors (Lipinski definition) is 0. The molecule has 1 aromatic carbocycles. The van der Waals surface area contributed by atoms with Gasteiger partial charge in [0, 0.05) is 0 Å². The third kappa shape index (κ3) is 3.30. The topological polar surface area (TPSA) is 36.9 Å². The van der Waals surface area contributed by atoms with Crippen LogP contribution >= 0.6 is 18.1 Å². The van der Waals surface area contributed by atoms with Crippen LogP contribution in [0.2, 0.25) is 0 Å². The summed E-state index contributed by atoms with van der Waals surface area (Å²) in [6.45, 7) is -8.95. The molecule has 184 valence electrons. The fourth-order valence-electron chi connectivity index (χ4n) is 3.18. The van der Waals surface area contributed by atoms with E-state index >= 15 is 0 Å². The second kappa shape index (κ2) is 7.01. The minimum absolute atomic E-state index is 0.439. The Kier molecular flexibility index (Phi) is 5.61. The molecule has 3 rings (SSSR count). The zero-order chi connectivity index (χ0) is 24.5. The van der Waals surface area contributed by atoms with Crippen LogP contribution in [0.15, 0.2) is 35.2 Å². The Morgan fingerprint density at radius 1 is 0.625 bits per heavy atom. The molecular weight excluding hydrogens is 523 g/mol. The molecule has 2 saturated heterocycles. The first-order valence-corrected chi connectivity index (χ1v) is 11.4. The fourth-order valence-corrected chi connectivity index (χ4v) is 9.67. The molecule has 0 bridgehead atoms. The molecule has 0 unspecified atom stereocenters. The Hall–Kier alpha value is -1.00. The Morgan fingerprint density at radius 3 is 1.28 bits per heavy atom. The molecule has 0 radical (unpaired) electrons. The molecule has 0 saturated carbocycles. The van der Waals surface area contributed by atoms with E-state index in [4.69, 9.17) is 0 Å². The Morgan fingerprint density at radius 2 is 0.969 bits per heavy atom. The summed E-state index contributed by atoms with van der Waals surface area (Å²) >= 11 is -0.481. The summed E-state index contributed by atoms with van der Waals surface area (Å²) in [6.07, 6.45) is -29.4. The molecule has 2 heterocycles. The molecule has 2 aliphatic heterocycles. The van der Waals surface area contributed by atoms with Gasteiger partial charge in [0.15, 0.2) is 0 Å². The van der Waals surface area contributed by atoms with Crippen molar-refractivity contribution >= 4 is 18.1 Å². The normalized spacial score (nSPS) is 26.1. The molecule has 0 atom stereocenters. The first-order valence-electron chi connectivity index (χ1n) is 8.03. The van der Waals surface area contributed by atoms with E-state index in [1.165, 1.54) is 6.07 Å². The molecule has 1 spiro atoms. The molecule has 0 aromatic heterocycles. The van der Waals surface area contributed by atoms with Crippen LogP contribution in [-0.4, -0.2) is 49.1 Å². The molecule has 32 heavy (non-hydrogen) atoms. The van der Waals surface area contributed by atoms with Crippen molar-refractivity contribution in [2.24, 2.45) is 0 Å². The van der Waals surface area contributed by atoms with Crippen LogP contribution in [0.3, 0.4) is 0 Å². The van der Waals surface area contributed by atoms with Crippen LogP contribution in [0.1, 0.15) is 0 Å². The SMILES string of the molecule is FC(F)(F)C1(C(F)(F)F)OP2(Sc3ccccc3)(OCCO2)OC1(C(F)(F)F)C(F)(F)F. The number of benzene rings is 1. The average Bonchev–Trinajstić information content (AvgIpc) is 3.13. The van der Waals surface area contributed by atoms with E-state index < -0.39 is 72.1 Å². The van der Waals surface area contributed by atoms with E-state index in [9.17, 15) is 52.7 Å². The molecule has 0 amide bonds. The number of alkyl halides is 12. The van der Waals surface area contributed by atoms with Crippen molar-refractivity contribution in [3.8, 4) is 0 Å². The molecule has 2 fully saturated rings. The number of rotatable bonds is 2. The van der Waals surface area contributed by atoms with Gasteiger partial charge in [-0.15, -0.1) is 0 Å². The summed E-state index contributed by atoms with van der Waals surface area (Å²) in [6, 6.07) is 5.49. The summed E-state index contributed by atoms with van der Waals surface area (Å²) in [5.74, 6) is 0. The van der Waals surface area contributed by atoms with E-state index in [0.717, 1.165) is 24.3 Å². The molecule has 1 aromatic rings. The van der Waals surface area contributed by atoms with Gasteiger partial charge in [-0.2, -0.15) is 0 Å². The van der Waals surface area contributed by atoms with E-state index in [0.29, 0.717) is 0 Å². The van der Waals surface area contributed by atoms with Gasteiger partial charge in [-0.1, -0.05) is 0 Å². The zero-order valence-electron chi connectivity index (χ0n) is 14.8. The van der Waals surface area contributed by atoms with Crippen LogP contribution < -0.4 is 0 Å². The van der Waals surface area contributed by atoms with Crippen molar-refractivity contribution in [2.75, 3.05) is 13.2 Å². The summed E-state index contributed by atoms with van der Waals surface area (Å²) < 4.78 is 182. The molecule has 4 nitrogen and oxygen atoms in total. The summed E-state index contributed by atoms with van der Waals surface area (Å²) in [5, 5.41) is 0. The minimum atomic E-state index is -7.34. The standard InChI is InChI=1S/C14H9F12O4PS/c15-11(16,17)9(12(18,19)20)10(13(21,22)23,14(24,25)26)30-31(29-9,27-6-7-28-31)32-8-4-2-1-3-5-8/h1-5H,6-7H2. The molecule has 2 aliphatic rings. The van der Waals surface area contributed by atoms with Gasteiger partial charge in [0.1, 0.15) is 0 Å². The van der Waals surface area contributed by atoms with E-state index in [2.05, 4.69) is 18.1 Å². The second-order valence-corrected chi connectivity index (χ2v) is 11.7. The van der Waals surface area contributed by atoms with Gasteiger partial charge in [-0.05, 0) is 0 Å². The monoisotopic (exact) mass is 532 g/mol. The number of hydrogen-bond acceptors (Lipinski definition) is 5. The second-order valence-electron chi connectivity index (χ2n) is 6.35. The van der Waals surface area contributed by atoms with Crippen molar-refractivity contribution < 1.29 is 70.8 Å². The molecule has 18 heteroatoms. The molecule has 0 aliphatic carbocycles.